The van der Waals surface area contributed by atoms with Crippen LogP contribution in [0.15, 0.2) is 12.5 Å². The van der Waals surface area contributed by atoms with E-state index in [-0.39, 0.29) is 5.91 Å². The Balaban J connectivity index is 2.11. The minimum Gasteiger partial charge on any atom is -0.336 e. The first-order chi connectivity index (χ1) is 7.18. The lowest BCUT2D eigenvalue weighted by atomic mass is 10.1. The van der Waals surface area contributed by atoms with Gasteiger partial charge < -0.3 is 9.47 Å². The number of piperidine rings is 1. The lowest BCUT2D eigenvalue weighted by Gasteiger charge is -2.29. The zero-order valence-corrected chi connectivity index (χ0v) is 10.3. The molecule has 15 heavy (non-hydrogen) atoms. The highest BCUT2D eigenvalue weighted by molar-refractivity contribution is 9.09. The van der Waals surface area contributed by atoms with Crippen LogP contribution in [0.1, 0.15) is 23.3 Å². The smallest absolute Gasteiger partial charge is 0.272 e. The third-order valence-corrected chi connectivity index (χ3v) is 3.43. The average molecular weight is 272 g/mol. The summed E-state index contributed by atoms with van der Waals surface area (Å²) in [5.41, 5.74) is 0.664. The third kappa shape index (κ3) is 2.22. The summed E-state index contributed by atoms with van der Waals surface area (Å²) in [5.74, 6) is 0.0825. The Morgan fingerprint density at radius 3 is 3.07 bits per heavy atom. The zero-order chi connectivity index (χ0) is 10.8. The number of imidazole rings is 1. The van der Waals surface area contributed by atoms with Crippen LogP contribution in [0.3, 0.4) is 0 Å². The molecule has 1 fully saturated rings. The van der Waals surface area contributed by atoms with Crippen LogP contribution in [-0.2, 0) is 7.05 Å². The first-order valence-corrected chi connectivity index (χ1v) is 5.99. The SMILES string of the molecule is Cn1cncc1C(=O)N1CCCC(Br)C1. The van der Waals surface area contributed by atoms with Gasteiger partial charge in [-0.05, 0) is 12.8 Å². The second-order valence-corrected chi connectivity index (χ2v) is 5.18. The normalized spacial score (nSPS) is 21.7. The molecule has 1 aromatic heterocycles. The van der Waals surface area contributed by atoms with Gasteiger partial charge in [0.05, 0.1) is 12.5 Å². The summed E-state index contributed by atoms with van der Waals surface area (Å²) in [7, 11) is 1.84. The summed E-state index contributed by atoms with van der Waals surface area (Å²) in [6.07, 6.45) is 5.50. The van der Waals surface area contributed by atoms with Crippen molar-refractivity contribution in [2.45, 2.75) is 17.7 Å². The van der Waals surface area contributed by atoms with Crippen LogP contribution in [-0.4, -0.2) is 38.3 Å². The molecule has 0 saturated carbocycles. The molecule has 1 aliphatic rings. The van der Waals surface area contributed by atoms with Crippen molar-refractivity contribution >= 4 is 21.8 Å². The van der Waals surface area contributed by atoms with Crippen LogP contribution in [0, 0.1) is 0 Å². The molecule has 0 N–H and O–H groups in total. The van der Waals surface area contributed by atoms with Gasteiger partial charge in [-0.15, -0.1) is 0 Å². The maximum absolute atomic E-state index is 12.1. The molecule has 1 saturated heterocycles. The molecule has 1 aliphatic heterocycles. The van der Waals surface area contributed by atoms with Crippen molar-refractivity contribution in [1.82, 2.24) is 14.5 Å². The summed E-state index contributed by atoms with van der Waals surface area (Å²) in [6.45, 7) is 1.65. The minimum atomic E-state index is 0.0825. The Morgan fingerprint density at radius 2 is 2.47 bits per heavy atom. The van der Waals surface area contributed by atoms with Gasteiger partial charge in [0.2, 0.25) is 0 Å². The van der Waals surface area contributed by atoms with Crippen molar-refractivity contribution in [3.8, 4) is 0 Å². The van der Waals surface area contributed by atoms with E-state index in [1.807, 2.05) is 11.9 Å². The van der Waals surface area contributed by atoms with Crippen molar-refractivity contribution in [2.24, 2.45) is 7.05 Å². The van der Waals surface area contributed by atoms with Crippen LogP contribution in [0.25, 0.3) is 0 Å². The largest absolute Gasteiger partial charge is 0.336 e. The van der Waals surface area contributed by atoms with Gasteiger partial charge in [-0.2, -0.15) is 0 Å². The number of hydrogen-bond acceptors (Lipinski definition) is 2. The number of nitrogens with zero attached hydrogens (tertiary/aromatic N) is 3. The zero-order valence-electron chi connectivity index (χ0n) is 8.69. The van der Waals surface area contributed by atoms with Crippen LogP contribution >= 0.6 is 15.9 Å². The number of halogens is 1. The molecular weight excluding hydrogens is 258 g/mol. The monoisotopic (exact) mass is 271 g/mol. The Labute approximate surface area is 97.4 Å². The molecule has 0 spiro atoms. The van der Waals surface area contributed by atoms with Crippen LogP contribution in [0.2, 0.25) is 0 Å². The van der Waals surface area contributed by atoms with Crippen LogP contribution in [0.4, 0.5) is 0 Å². The van der Waals surface area contributed by atoms with Crippen molar-refractivity contribution in [2.75, 3.05) is 13.1 Å². The maximum atomic E-state index is 12.1. The van der Waals surface area contributed by atoms with E-state index in [0.717, 1.165) is 25.9 Å². The van der Waals surface area contributed by atoms with E-state index in [4.69, 9.17) is 0 Å². The van der Waals surface area contributed by atoms with Crippen molar-refractivity contribution in [1.29, 1.82) is 0 Å². The quantitative estimate of drug-likeness (QED) is 0.725. The van der Waals surface area contributed by atoms with Gasteiger partial charge in [-0.3, -0.25) is 4.79 Å². The summed E-state index contributed by atoms with van der Waals surface area (Å²) in [4.78, 5) is 18.4. The molecule has 2 heterocycles. The molecule has 82 valence electrons. The third-order valence-electron chi connectivity index (χ3n) is 2.69. The summed E-state index contributed by atoms with van der Waals surface area (Å²) >= 11 is 3.56. The highest BCUT2D eigenvalue weighted by atomic mass is 79.9. The van der Waals surface area contributed by atoms with Gasteiger partial charge in [0.25, 0.3) is 5.91 Å². The number of rotatable bonds is 1. The van der Waals surface area contributed by atoms with Gasteiger partial charge in [0.1, 0.15) is 5.69 Å². The molecule has 0 radical (unpaired) electrons. The van der Waals surface area contributed by atoms with Gasteiger partial charge in [-0.25, -0.2) is 4.98 Å². The topological polar surface area (TPSA) is 38.1 Å². The standard InChI is InChI=1S/C10H14BrN3O/c1-13-7-12-5-9(13)10(15)14-4-2-3-8(11)6-14/h5,7-8H,2-4,6H2,1H3. The maximum Gasteiger partial charge on any atom is 0.272 e. The van der Waals surface area contributed by atoms with Crippen molar-refractivity contribution in [3.05, 3.63) is 18.2 Å². The Morgan fingerprint density at radius 1 is 1.67 bits per heavy atom. The Bertz CT molecular complexity index is 363. The molecule has 1 atom stereocenters. The van der Waals surface area contributed by atoms with Gasteiger partial charge in [0.15, 0.2) is 0 Å². The molecule has 0 bridgehead atoms. The van der Waals surface area contributed by atoms with Crippen LogP contribution in [0.5, 0.6) is 0 Å². The predicted octanol–water partition coefficient (Wildman–Crippen LogP) is 1.42. The summed E-state index contributed by atoms with van der Waals surface area (Å²) in [6, 6.07) is 0. The number of carbonyl (C=O) groups is 1. The first kappa shape index (κ1) is 10.7. The Kier molecular flexibility index (Phi) is 3.09. The van der Waals surface area contributed by atoms with E-state index in [1.165, 1.54) is 0 Å². The predicted molar refractivity (Wildman–Crippen MR) is 61.1 cm³/mol. The number of aryl methyl sites for hydroxylation is 1. The molecule has 0 aliphatic carbocycles. The van der Waals surface area contributed by atoms with Gasteiger partial charge in [0, 0.05) is 25.0 Å². The number of hydrogen-bond donors (Lipinski definition) is 0. The lowest BCUT2D eigenvalue weighted by molar-refractivity contribution is 0.0720. The van der Waals surface area contributed by atoms with Crippen LogP contribution < -0.4 is 0 Å². The first-order valence-electron chi connectivity index (χ1n) is 5.08. The highest BCUT2D eigenvalue weighted by Gasteiger charge is 2.24. The number of alkyl halides is 1. The molecule has 0 aromatic carbocycles. The van der Waals surface area contributed by atoms with E-state index in [9.17, 15) is 4.79 Å². The molecular formula is C10H14BrN3O. The lowest BCUT2D eigenvalue weighted by Crippen LogP contribution is -2.40. The second-order valence-electron chi connectivity index (χ2n) is 3.88. The molecule has 1 amide bonds. The fraction of sp³-hybridized carbons (Fsp3) is 0.600. The number of amides is 1. The molecule has 1 unspecified atom stereocenters. The van der Waals surface area contributed by atoms with E-state index >= 15 is 0 Å². The van der Waals surface area contributed by atoms with E-state index in [0.29, 0.717) is 10.5 Å². The van der Waals surface area contributed by atoms with E-state index in [2.05, 4.69) is 20.9 Å². The summed E-state index contributed by atoms with van der Waals surface area (Å²) in [5, 5.41) is 0. The molecule has 2 rings (SSSR count). The summed E-state index contributed by atoms with van der Waals surface area (Å²) < 4.78 is 1.76. The fourth-order valence-electron chi connectivity index (χ4n) is 1.84. The Hall–Kier alpha value is -0.840. The highest BCUT2D eigenvalue weighted by Crippen LogP contribution is 2.18. The molecule has 5 heteroatoms. The van der Waals surface area contributed by atoms with Crippen molar-refractivity contribution in [3.63, 3.8) is 0 Å². The average Bonchev–Trinajstić information content (AvgIpc) is 2.63. The number of carbonyl (C=O) groups excluding carboxylic acids is 1. The van der Waals surface area contributed by atoms with E-state index < -0.39 is 0 Å². The number of likely N-dealkylation sites (tertiary alicyclic amines) is 1. The van der Waals surface area contributed by atoms with Gasteiger partial charge >= 0.3 is 0 Å². The minimum absolute atomic E-state index is 0.0825. The number of aromatic nitrogens is 2. The fourth-order valence-corrected chi connectivity index (χ4v) is 2.51. The molecule has 1 aromatic rings. The van der Waals surface area contributed by atoms with Crippen molar-refractivity contribution < 1.29 is 4.79 Å². The van der Waals surface area contributed by atoms with E-state index in [1.54, 1.807) is 17.1 Å². The second kappa shape index (κ2) is 4.35. The van der Waals surface area contributed by atoms with Gasteiger partial charge in [-0.1, -0.05) is 15.9 Å². The molecule has 4 nitrogen and oxygen atoms in total.